The van der Waals surface area contributed by atoms with Crippen molar-refractivity contribution in [3.05, 3.63) is 0 Å². The Morgan fingerprint density at radius 1 is 1.31 bits per heavy atom. The van der Waals surface area contributed by atoms with E-state index in [1.165, 1.54) is 0 Å². The van der Waals surface area contributed by atoms with Crippen LogP contribution in [0.5, 0.6) is 0 Å². The number of nitrogens with zero attached hydrogens (tertiary/aromatic N) is 1. The molecule has 0 spiro atoms. The summed E-state index contributed by atoms with van der Waals surface area (Å²) >= 11 is 0. The minimum absolute atomic E-state index is 0.0149. The average molecular weight is 226 g/mol. The van der Waals surface area contributed by atoms with Gasteiger partial charge in [0.15, 0.2) is 0 Å². The molecule has 16 heavy (non-hydrogen) atoms. The fourth-order valence-electron chi connectivity index (χ4n) is 2.14. The van der Waals surface area contributed by atoms with E-state index in [9.17, 15) is 9.59 Å². The number of hydrogen-bond donors (Lipinski definition) is 2. The molecule has 1 amide bonds. The summed E-state index contributed by atoms with van der Waals surface area (Å²) in [6.07, 6.45) is 3.77. The lowest BCUT2D eigenvalue weighted by Gasteiger charge is -2.39. The standard InChI is InChI=1S/C11H18N2O3/c1-13(6-10(14)12-7-2-3-7)9-5-4-8(9)11(15)16/h7-9H,2-6H2,1H3,(H,12,14)(H,15,16). The lowest BCUT2D eigenvalue weighted by atomic mass is 9.79. The van der Waals surface area contributed by atoms with Gasteiger partial charge in [0, 0.05) is 12.1 Å². The lowest BCUT2D eigenvalue weighted by Crippen LogP contribution is -2.51. The van der Waals surface area contributed by atoms with Gasteiger partial charge in [-0.15, -0.1) is 0 Å². The third-order valence-electron chi connectivity index (χ3n) is 3.46. The normalized spacial score (nSPS) is 28.6. The molecule has 0 bridgehead atoms. The van der Waals surface area contributed by atoms with Crippen molar-refractivity contribution < 1.29 is 14.7 Å². The summed E-state index contributed by atoms with van der Waals surface area (Å²) < 4.78 is 0. The van der Waals surface area contributed by atoms with Gasteiger partial charge in [-0.2, -0.15) is 0 Å². The minimum atomic E-state index is -0.745. The van der Waals surface area contributed by atoms with E-state index >= 15 is 0 Å². The average Bonchev–Trinajstić information content (AvgIpc) is 2.83. The lowest BCUT2D eigenvalue weighted by molar-refractivity contribution is -0.149. The molecule has 2 rings (SSSR count). The van der Waals surface area contributed by atoms with Crippen LogP contribution in [0.3, 0.4) is 0 Å². The Balaban J connectivity index is 1.76. The van der Waals surface area contributed by atoms with Crippen molar-refractivity contribution in [2.45, 2.75) is 37.8 Å². The molecule has 90 valence electrons. The van der Waals surface area contributed by atoms with E-state index in [-0.39, 0.29) is 17.9 Å². The number of carbonyl (C=O) groups excluding carboxylic acids is 1. The van der Waals surface area contributed by atoms with E-state index < -0.39 is 5.97 Å². The molecule has 0 saturated heterocycles. The second-order valence-corrected chi connectivity index (χ2v) is 4.85. The third-order valence-corrected chi connectivity index (χ3v) is 3.46. The topological polar surface area (TPSA) is 69.6 Å². The van der Waals surface area contributed by atoms with Crippen LogP contribution in [-0.2, 0) is 9.59 Å². The van der Waals surface area contributed by atoms with Crippen LogP contribution in [0, 0.1) is 5.92 Å². The Labute approximate surface area is 94.8 Å². The Hall–Kier alpha value is -1.10. The molecular weight excluding hydrogens is 208 g/mol. The first kappa shape index (κ1) is 11.4. The van der Waals surface area contributed by atoms with E-state index in [1.54, 1.807) is 0 Å². The van der Waals surface area contributed by atoms with Gasteiger partial charge in [-0.25, -0.2) is 0 Å². The summed E-state index contributed by atoms with van der Waals surface area (Å²) in [4.78, 5) is 24.2. The molecule has 0 heterocycles. The van der Waals surface area contributed by atoms with Crippen molar-refractivity contribution >= 4 is 11.9 Å². The van der Waals surface area contributed by atoms with Gasteiger partial charge in [-0.05, 0) is 32.7 Å². The smallest absolute Gasteiger partial charge is 0.308 e. The van der Waals surface area contributed by atoms with Crippen molar-refractivity contribution in [1.82, 2.24) is 10.2 Å². The first-order chi connectivity index (χ1) is 7.58. The molecule has 0 radical (unpaired) electrons. The van der Waals surface area contributed by atoms with Crippen molar-refractivity contribution in [1.29, 1.82) is 0 Å². The van der Waals surface area contributed by atoms with Crippen molar-refractivity contribution in [3.8, 4) is 0 Å². The summed E-state index contributed by atoms with van der Waals surface area (Å²) in [7, 11) is 1.83. The van der Waals surface area contributed by atoms with Gasteiger partial charge in [0.25, 0.3) is 0 Å². The molecule has 2 aliphatic rings. The largest absolute Gasteiger partial charge is 0.481 e. The maximum absolute atomic E-state index is 11.5. The third kappa shape index (κ3) is 2.52. The maximum Gasteiger partial charge on any atom is 0.308 e. The van der Waals surface area contributed by atoms with Crippen LogP contribution in [-0.4, -0.2) is 47.6 Å². The predicted molar refractivity (Wildman–Crippen MR) is 57.9 cm³/mol. The van der Waals surface area contributed by atoms with E-state index in [2.05, 4.69) is 5.32 Å². The highest BCUT2D eigenvalue weighted by Crippen LogP contribution is 2.31. The summed E-state index contributed by atoms with van der Waals surface area (Å²) in [5, 5.41) is 11.8. The van der Waals surface area contributed by atoms with Gasteiger partial charge in [0.05, 0.1) is 12.5 Å². The Bertz CT molecular complexity index is 302. The molecule has 2 N–H and O–H groups in total. The number of nitrogens with one attached hydrogen (secondary N) is 1. The highest BCUT2D eigenvalue weighted by atomic mass is 16.4. The van der Waals surface area contributed by atoms with Gasteiger partial charge in [0.2, 0.25) is 5.91 Å². The van der Waals surface area contributed by atoms with Crippen LogP contribution in [0.1, 0.15) is 25.7 Å². The molecule has 2 unspecified atom stereocenters. The summed E-state index contributed by atoms with van der Waals surface area (Å²) in [5.74, 6) is -1.02. The quantitative estimate of drug-likeness (QED) is 0.695. The van der Waals surface area contributed by atoms with E-state index in [1.807, 2.05) is 11.9 Å². The zero-order valence-corrected chi connectivity index (χ0v) is 9.48. The second-order valence-electron chi connectivity index (χ2n) is 4.85. The van der Waals surface area contributed by atoms with Crippen molar-refractivity contribution in [3.63, 3.8) is 0 Å². The Morgan fingerprint density at radius 2 is 2.00 bits per heavy atom. The molecule has 2 aliphatic carbocycles. The van der Waals surface area contributed by atoms with Crippen LogP contribution in [0.2, 0.25) is 0 Å². The summed E-state index contributed by atoms with van der Waals surface area (Å²) in [6, 6.07) is 0.403. The number of likely N-dealkylation sites (N-methyl/N-ethyl adjacent to an activating group) is 1. The highest BCUT2D eigenvalue weighted by Gasteiger charge is 2.39. The van der Waals surface area contributed by atoms with Crippen molar-refractivity contribution in [2.75, 3.05) is 13.6 Å². The van der Waals surface area contributed by atoms with Crippen molar-refractivity contribution in [2.24, 2.45) is 5.92 Å². The van der Waals surface area contributed by atoms with Gasteiger partial charge >= 0.3 is 5.97 Å². The summed E-state index contributed by atoms with van der Waals surface area (Å²) in [5.41, 5.74) is 0. The maximum atomic E-state index is 11.5. The second kappa shape index (κ2) is 4.41. The number of carbonyl (C=O) groups is 2. The highest BCUT2D eigenvalue weighted by molar-refractivity contribution is 5.79. The predicted octanol–water partition coefficient (Wildman–Crippen LogP) is 0.0600. The van der Waals surface area contributed by atoms with Gasteiger partial charge in [0.1, 0.15) is 0 Å². The van der Waals surface area contributed by atoms with Gasteiger partial charge in [-0.1, -0.05) is 0 Å². The number of aliphatic carboxylic acids is 1. The molecule has 2 saturated carbocycles. The molecule has 0 aliphatic heterocycles. The van der Waals surface area contributed by atoms with Crippen LogP contribution in [0.25, 0.3) is 0 Å². The number of carboxylic acids is 1. The fraction of sp³-hybridized carbons (Fsp3) is 0.818. The first-order valence-corrected chi connectivity index (χ1v) is 5.80. The molecule has 0 aromatic heterocycles. The zero-order valence-electron chi connectivity index (χ0n) is 9.48. The molecule has 0 aromatic carbocycles. The van der Waals surface area contributed by atoms with Crippen LogP contribution in [0.15, 0.2) is 0 Å². The minimum Gasteiger partial charge on any atom is -0.481 e. The number of amides is 1. The molecule has 2 atom stereocenters. The Kier molecular flexibility index (Phi) is 3.14. The molecule has 0 aromatic rings. The SMILES string of the molecule is CN(CC(=O)NC1CC1)C1CCC1C(=O)O. The van der Waals surface area contributed by atoms with Gasteiger partial charge in [-0.3, -0.25) is 14.5 Å². The van der Waals surface area contributed by atoms with Crippen LogP contribution >= 0.6 is 0 Å². The van der Waals surface area contributed by atoms with E-state index in [4.69, 9.17) is 5.11 Å². The fourth-order valence-corrected chi connectivity index (χ4v) is 2.14. The summed E-state index contributed by atoms with van der Waals surface area (Å²) in [6.45, 7) is 0.310. The van der Waals surface area contributed by atoms with Gasteiger partial charge < -0.3 is 10.4 Å². The first-order valence-electron chi connectivity index (χ1n) is 5.80. The number of rotatable bonds is 5. The molecule has 5 heteroatoms. The van der Waals surface area contributed by atoms with Crippen LogP contribution in [0.4, 0.5) is 0 Å². The zero-order chi connectivity index (χ0) is 11.7. The molecule has 5 nitrogen and oxygen atoms in total. The monoisotopic (exact) mass is 226 g/mol. The molecule has 2 fully saturated rings. The molecular formula is C11H18N2O3. The van der Waals surface area contributed by atoms with E-state index in [0.717, 1.165) is 25.7 Å². The van der Waals surface area contributed by atoms with Crippen LogP contribution < -0.4 is 5.32 Å². The van der Waals surface area contributed by atoms with E-state index in [0.29, 0.717) is 12.6 Å². The Morgan fingerprint density at radius 3 is 2.44 bits per heavy atom. The number of carboxylic acid groups (broad SMARTS) is 1. The number of hydrogen-bond acceptors (Lipinski definition) is 3.